The van der Waals surface area contributed by atoms with Gasteiger partial charge in [-0.05, 0) is 62.9 Å². The second-order valence-electron chi connectivity index (χ2n) is 10.2. The first-order valence-corrected chi connectivity index (χ1v) is 12.6. The molecule has 190 valence electrons. The number of aryl methyl sites for hydroxylation is 1. The fraction of sp³-hybridized carbons (Fsp3) is 0.355. The first-order valence-electron chi connectivity index (χ1n) is 12.6. The number of carbonyl (C=O) groups excluding carboxylic acids is 2. The molecule has 3 aromatic carbocycles. The van der Waals surface area contributed by atoms with E-state index in [-0.39, 0.29) is 11.8 Å². The molecule has 0 fully saturated rings. The highest BCUT2D eigenvalue weighted by Crippen LogP contribution is 2.19. The third kappa shape index (κ3) is 8.56. The number of rotatable bonds is 11. The summed E-state index contributed by atoms with van der Waals surface area (Å²) in [7, 11) is 0. The number of para-hydroxylation sites is 1. The van der Waals surface area contributed by atoms with Crippen molar-refractivity contribution in [3.63, 3.8) is 0 Å². The maximum Gasteiger partial charge on any atom is 0.243 e. The van der Waals surface area contributed by atoms with E-state index in [9.17, 15) is 9.59 Å². The van der Waals surface area contributed by atoms with Crippen LogP contribution in [0.5, 0.6) is 5.75 Å². The highest BCUT2D eigenvalue weighted by atomic mass is 16.5. The number of ether oxygens (including phenoxy) is 1. The molecule has 0 aromatic heterocycles. The zero-order valence-corrected chi connectivity index (χ0v) is 21.9. The van der Waals surface area contributed by atoms with Gasteiger partial charge in [0.05, 0.1) is 6.61 Å². The van der Waals surface area contributed by atoms with E-state index in [2.05, 4.69) is 5.32 Å². The molecule has 0 radical (unpaired) electrons. The van der Waals surface area contributed by atoms with E-state index in [4.69, 9.17) is 4.74 Å². The third-order valence-corrected chi connectivity index (χ3v) is 5.92. The molecule has 0 saturated heterocycles. The van der Waals surface area contributed by atoms with Crippen molar-refractivity contribution in [1.82, 2.24) is 10.2 Å². The van der Waals surface area contributed by atoms with Crippen LogP contribution in [0.2, 0.25) is 0 Å². The summed E-state index contributed by atoms with van der Waals surface area (Å²) in [5.74, 6) is 0.585. The molecule has 0 aliphatic rings. The molecule has 1 atom stereocenters. The van der Waals surface area contributed by atoms with Crippen LogP contribution >= 0.6 is 0 Å². The van der Waals surface area contributed by atoms with Crippen molar-refractivity contribution in [1.29, 1.82) is 0 Å². The lowest BCUT2D eigenvalue weighted by molar-refractivity contribution is -0.142. The van der Waals surface area contributed by atoms with Crippen molar-refractivity contribution in [3.05, 3.63) is 102 Å². The molecule has 0 bridgehead atoms. The van der Waals surface area contributed by atoms with Gasteiger partial charge in [-0.25, -0.2) is 0 Å². The molecular formula is C31H38N2O3. The summed E-state index contributed by atoms with van der Waals surface area (Å²) < 4.78 is 5.79. The smallest absolute Gasteiger partial charge is 0.243 e. The number of carbonyl (C=O) groups is 2. The number of hydrogen-bond donors (Lipinski definition) is 1. The average molecular weight is 487 g/mol. The number of hydrogen-bond acceptors (Lipinski definition) is 3. The number of amides is 2. The van der Waals surface area contributed by atoms with E-state index in [1.165, 1.54) is 0 Å². The van der Waals surface area contributed by atoms with Crippen LogP contribution in [0.1, 0.15) is 50.3 Å². The zero-order chi connectivity index (χ0) is 26.0. The van der Waals surface area contributed by atoms with Crippen LogP contribution < -0.4 is 10.1 Å². The molecular weight excluding hydrogens is 448 g/mol. The lowest BCUT2D eigenvalue weighted by atomic mass is 9.99. The van der Waals surface area contributed by atoms with Crippen LogP contribution in [0.4, 0.5) is 0 Å². The molecule has 0 unspecified atom stereocenters. The van der Waals surface area contributed by atoms with Gasteiger partial charge in [0, 0.05) is 24.9 Å². The second-order valence-corrected chi connectivity index (χ2v) is 10.2. The summed E-state index contributed by atoms with van der Waals surface area (Å²) >= 11 is 0. The van der Waals surface area contributed by atoms with E-state index in [1.54, 1.807) is 4.90 Å². The Labute approximate surface area is 215 Å². The third-order valence-electron chi connectivity index (χ3n) is 5.92. The van der Waals surface area contributed by atoms with Gasteiger partial charge in [0.1, 0.15) is 11.8 Å². The van der Waals surface area contributed by atoms with Crippen LogP contribution in [-0.2, 0) is 22.6 Å². The second kappa shape index (κ2) is 12.9. The maximum absolute atomic E-state index is 13.7. The number of nitrogens with one attached hydrogen (secondary N) is 1. The average Bonchev–Trinajstić information content (AvgIpc) is 2.85. The molecule has 3 aromatic rings. The molecule has 3 rings (SSSR count). The Kier molecular flexibility index (Phi) is 9.69. The molecule has 2 amide bonds. The van der Waals surface area contributed by atoms with Crippen LogP contribution in [0.3, 0.4) is 0 Å². The van der Waals surface area contributed by atoms with E-state index in [0.29, 0.717) is 32.4 Å². The van der Waals surface area contributed by atoms with Gasteiger partial charge in [0.2, 0.25) is 11.8 Å². The standard InChI is InChI=1S/C31H38N2O3/c1-24-14-11-12-17-26(24)23-33(29(34)20-13-21-36-27-18-9-6-10-19-27)28(30(35)32-31(2,3)4)22-25-15-7-5-8-16-25/h5-12,14-19,28H,13,20-23H2,1-4H3,(H,32,35)/t28-/m0/s1. The van der Waals surface area contributed by atoms with Gasteiger partial charge < -0.3 is 15.0 Å². The van der Waals surface area contributed by atoms with Gasteiger partial charge in [-0.15, -0.1) is 0 Å². The van der Waals surface area contributed by atoms with E-state index < -0.39 is 11.6 Å². The Bertz CT molecular complexity index is 1110. The summed E-state index contributed by atoms with van der Waals surface area (Å²) in [6.07, 6.45) is 1.31. The van der Waals surface area contributed by atoms with Gasteiger partial charge in [-0.2, -0.15) is 0 Å². The molecule has 1 N–H and O–H groups in total. The highest BCUT2D eigenvalue weighted by molar-refractivity contribution is 5.88. The first kappa shape index (κ1) is 27.0. The zero-order valence-electron chi connectivity index (χ0n) is 21.9. The minimum atomic E-state index is -0.631. The minimum Gasteiger partial charge on any atom is -0.494 e. The topological polar surface area (TPSA) is 58.6 Å². The lowest BCUT2D eigenvalue weighted by Gasteiger charge is -2.34. The van der Waals surface area contributed by atoms with Crippen LogP contribution in [0.25, 0.3) is 0 Å². The molecule has 5 heteroatoms. The van der Waals surface area contributed by atoms with E-state index in [0.717, 1.165) is 22.4 Å². The van der Waals surface area contributed by atoms with Crippen molar-refractivity contribution in [3.8, 4) is 5.75 Å². The normalized spacial score (nSPS) is 12.0. The van der Waals surface area contributed by atoms with Crippen LogP contribution in [0, 0.1) is 6.92 Å². The van der Waals surface area contributed by atoms with Gasteiger partial charge in [0.15, 0.2) is 0 Å². The fourth-order valence-corrected chi connectivity index (χ4v) is 4.05. The van der Waals surface area contributed by atoms with Crippen molar-refractivity contribution in [2.24, 2.45) is 0 Å². The quantitative estimate of drug-likeness (QED) is 0.353. The molecule has 36 heavy (non-hydrogen) atoms. The molecule has 0 heterocycles. The Balaban J connectivity index is 1.83. The summed E-state index contributed by atoms with van der Waals surface area (Å²) in [6, 6.07) is 26.9. The summed E-state index contributed by atoms with van der Waals surface area (Å²) in [6.45, 7) is 8.72. The van der Waals surface area contributed by atoms with Gasteiger partial charge in [0.25, 0.3) is 0 Å². The Morgan fingerprint density at radius 3 is 2.14 bits per heavy atom. The lowest BCUT2D eigenvalue weighted by Crippen LogP contribution is -2.54. The molecule has 0 aliphatic heterocycles. The fourth-order valence-electron chi connectivity index (χ4n) is 4.05. The molecule has 0 aliphatic carbocycles. The highest BCUT2D eigenvalue weighted by Gasteiger charge is 2.32. The molecule has 0 saturated carbocycles. The van der Waals surface area contributed by atoms with Crippen molar-refractivity contribution < 1.29 is 14.3 Å². The Morgan fingerprint density at radius 1 is 0.889 bits per heavy atom. The van der Waals surface area contributed by atoms with E-state index in [1.807, 2.05) is 113 Å². The summed E-state index contributed by atoms with van der Waals surface area (Å²) in [4.78, 5) is 29.0. The minimum absolute atomic E-state index is 0.0556. The van der Waals surface area contributed by atoms with Crippen LogP contribution in [0.15, 0.2) is 84.9 Å². The Morgan fingerprint density at radius 2 is 1.50 bits per heavy atom. The largest absolute Gasteiger partial charge is 0.494 e. The van der Waals surface area contributed by atoms with E-state index >= 15 is 0 Å². The van der Waals surface area contributed by atoms with Crippen LogP contribution in [-0.4, -0.2) is 34.9 Å². The number of nitrogens with zero attached hydrogens (tertiary/aromatic N) is 1. The monoisotopic (exact) mass is 486 g/mol. The van der Waals surface area contributed by atoms with Crippen molar-refractivity contribution in [2.45, 2.75) is 65.1 Å². The number of benzene rings is 3. The predicted octanol–water partition coefficient (Wildman–Crippen LogP) is 5.71. The van der Waals surface area contributed by atoms with Gasteiger partial charge >= 0.3 is 0 Å². The maximum atomic E-state index is 13.7. The van der Waals surface area contributed by atoms with Gasteiger partial charge in [-0.1, -0.05) is 72.8 Å². The predicted molar refractivity (Wildman–Crippen MR) is 145 cm³/mol. The Hall–Kier alpha value is -3.60. The van der Waals surface area contributed by atoms with Gasteiger partial charge in [-0.3, -0.25) is 9.59 Å². The molecule has 0 spiro atoms. The van der Waals surface area contributed by atoms with Crippen molar-refractivity contribution in [2.75, 3.05) is 6.61 Å². The summed E-state index contributed by atoms with van der Waals surface area (Å²) in [5.41, 5.74) is 2.74. The molecule has 5 nitrogen and oxygen atoms in total. The van der Waals surface area contributed by atoms with Crippen molar-refractivity contribution >= 4 is 11.8 Å². The summed E-state index contributed by atoms with van der Waals surface area (Å²) in [5, 5.41) is 3.11. The SMILES string of the molecule is Cc1ccccc1CN(C(=O)CCCOc1ccccc1)[C@@H](Cc1ccccc1)C(=O)NC(C)(C)C. The first-order chi connectivity index (χ1) is 17.2.